The minimum absolute atomic E-state index is 0.141. The predicted octanol–water partition coefficient (Wildman–Crippen LogP) is 4.66. The summed E-state index contributed by atoms with van der Waals surface area (Å²) in [5.41, 5.74) is 4.16. The van der Waals surface area contributed by atoms with Gasteiger partial charge in [-0.3, -0.25) is 4.79 Å². The van der Waals surface area contributed by atoms with Gasteiger partial charge in [0.2, 0.25) is 5.16 Å². The van der Waals surface area contributed by atoms with Crippen molar-refractivity contribution in [3.63, 3.8) is 0 Å². The number of fused-ring (bicyclic) bond motifs is 3. The van der Waals surface area contributed by atoms with E-state index in [4.69, 9.17) is 0 Å². The first-order chi connectivity index (χ1) is 13.1. The van der Waals surface area contributed by atoms with Crippen LogP contribution in [0, 0.1) is 0 Å². The topological polar surface area (TPSA) is 60.1 Å². The number of benzene rings is 1. The van der Waals surface area contributed by atoms with Crippen LogP contribution in [0.2, 0.25) is 0 Å². The molecule has 1 aliphatic rings. The number of thioether (sulfide) groups is 1. The summed E-state index contributed by atoms with van der Waals surface area (Å²) in [5.74, 6) is 2.38. The summed E-state index contributed by atoms with van der Waals surface area (Å²) in [6.45, 7) is 6.52. The smallest absolute Gasteiger partial charge is 0.253 e. The molecule has 0 fully saturated rings. The van der Waals surface area contributed by atoms with E-state index in [0.29, 0.717) is 23.7 Å². The fraction of sp³-hybridized carbons (Fsp3) is 0.429. The minimum Gasteiger partial charge on any atom is -0.294 e. The maximum atomic E-state index is 12.8. The van der Waals surface area contributed by atoms with E-state index in [-0.39, 0.29) is 11.7 Å². The SMILES string of the molecule is CCCSc1nc2ncc3c(n2n1)CC(c1ccc(C(C)C)cc1)CC3=O. The van der Waals surface area contributed by atoms with Crippen molar-refractivity contribution in [1.29, 1.82) is 0 Å². The molecule has 0 saturated carbocycles. The molecule has 2 heterocycles. The van der Waals surface area contributed by atoms with Crippen LogP contribution >= 0.6 is 11.8 Å². The van der Waals surface area contributed by atoms with Crippen LogP contribution in [0.15, 0.2) is 35.6 Å². The highest BCUT2D eigenvalue weighted by atomic mass is 32.2. The number of aromatic nitrogens is 4. The second kappa shape index (κ2) is 7.43. The van der Waals surface area contributed by atoms with Crippen LogP contribution in [0.25, 0.3) is 5.78 Å². The van der Waals surface area contributed by atoms with Crippen LogP contribution in [0.1, 0.15) is 72.6 Å². The molecule has 1 aromatic carbocycles. The van der Waals surface area contributed by atoms with Crippen molar-refractivity contribution < 1.29 is 4.79 Å². The average Bonchev–Trinajstić information content (AvgIpc) is 3.10. The number of carbonyl (C=O) groups excluding carboxylic acids is 1. The number of hydrogen-bond acceptors (Lipinski definition) is 5. The Balaban J connectivity index is 1.69. The lowest BCUT2D eigenvalue weighted by Crippen LogP contribution is -2.22. The van der Waals surface area contributed by atoms with Crippen molar-refractivity contribution in [1.82, 2.24) is 19.6 Å². The minimum atomic E-state index is 0.141. The third-order valence-corrected chi connectivity index (χ3v) is 6.17. The molecule has 3 aromatic rings. The van der Waals surface area contributed by atoms with E-state index in [1.54, 1.807) is 22.5 Å². The maximum Gasteiger partial charge on any atom is 0.253 e. The molecular formula is C21H24N4OS. The molecule has 5 nitrogen and oxygen atoms in total. The van der Waals surface area contributed by atoms with Crippen LogP contribution in [0.4, 0.5) is 0 Å². The molecule has 1 unspecified atom stereocenters. The van der Waals surface area contributed by atoms with Crippen LogP contribution in [-0.4, -0.2) is 31.1 Å². The summed E-state index contributed by atoms with van der Waals surface area (Å²) in [4.78, 5) is 21.6. The van der Waals surface area contributed by atoms with Gasteiger partial charge < -0.3 is 0 Å². The van der Waals surface area contributed by atoms with E-state index in [0.717, 1.165) is 29.4 Å². The number of nitrogens with zero attached hydrogens (tertiary/aromatic N) is 4. The van der Waals surface area contributed by atoms with E-state index in [9.17, 15) is 4.79 Å². The summed E-state index contributed by atoms with van der Waals surface area (Å²) >= 11 is 1.63. The van der Waals surface area contributed by atoms with Gasteiger partial charge in [0.25, 0.3) is 5.78 Å². The van der Waals surface area contributed by atoms with Gasteiger partial charge in [0.15, 0.2) is 5.78 Å². The van der Waals surface area contributed by atoms with Crippen molar-refractivity contribution in [3.05, 3.63) is 52.8 Å². The molecule has 0 radical (unpaired) electrons. The summed E-state index contributed by atoms with van der Waals surface area (Å²) < 4.78 is 1.78. The lowest BCUT2D eigenvalue weighted by molar-refractivity contribution is 0.0962. The zero-order valence-electron chi connectivity index (χ0n) is 16.0. The first-order valence-electron chi connectivity index (χ1n) is 9.57. The molecule has 27 heavy (non-hydrogen) atoms. The van der Waals surface area contributed by atoms with Gasteiger partial charge in [0.1, 0.15) is 0 Å². The number of Topliss-reactive ketones (excluding diaryl/α,β-unsaturated/α-hetero) is 1. The Hall–Kier alpha value is -2.21. The Kier molecular flexibility index (Phi) is 5.00. The number of hydrogen-bond donors (Lipinski definition) is 0. The molecule has 0 aliphatic heterocycles. The first-order valence-corrected chi connectivity index (χ1v) is 10.6. The first kappa shape index (κ1) is 18.2. The van der Waals surface area contributed by atoms with Gasteiger partial charge in [-0.1, -0.05) is 56.8 Å². The molecule has 0 amide bonds. The van der Waals surface area contributed by atoms with Crippen LogP contribution in [0.5, 0.6) is 0 Å². The second-order valence-electron chi connectivity index (χ2n) is 7.42. The maximum absolute atomic E-state index is 12.8. The van der Waals surface area contributed by atoms with Gasteiger partial charge in [-0.05, 0) is 35.8 Å². The zero-order valence-corrected chi connectivity index (χ0v) is 16.8. The highest BCUT2D eigenvalue weighted by Crippen LogP contribution is 2.33. The Bertz CT molecular complexity index is 978. The third kappa shape index (κ3) is 3.50. The van der Waals surface area contributed by atoms with Crippen LogP contribution in [-0.2, 0) is 6.42 Å². The monoisotopic (exact) mass is 380 g/mol. The number of rotatable bonds is 5. The molecule has 0 saturated heterocycles. The molecule has 0 bridgehead atoms. The molecule has 2 aromatic heterocycles. The zero-order chi connectivity index (χ0) is 19.0. The molecule has 0 spiro atoms. The van der Waals surface area contributed by atoms with E-state index in [1.807, 2.05) is 0 Å². The van der Waals surface area contributed by atoms with Crippen molar-refractivity contribution in [2.45, 2.75) is 57.0 Å². The standard InChI is InChI=1S/C21H24N4OS/c1-4-9-27-21-23-20-22-12-17-18(25(20)24-21)10-16(11-19(17)26)15-7-5-14(6-8-15)13(2)3/h5-8,12-13,16H,4,9-11H2,1-3H3. The molecule has 140 valence electrons. The van der Waals surface area contributed by atoms with Gasteiger partial charge >= 0.3 is 0 Å². The highest BCUT2D eigenvalue weighted by molar-refractivity contribution is 7.99. The van der Waals surface area contributed by atoms with Gasteiger partial charge in [-0.15, -0.1) is 5.10 Å². The summed E-state index contributed by atoms with van der Waals surface area (Å²) in [7, 11) is 0. The van der Waals surface area contributed by atoms with Crippen molar-refractivity contribution in [3.8, 4) is 0 Å². The molecule has 1 aliphatic carbocycles. The van der Waals surface area contributed by atoms with Gasteiger partial charge in [0, 0.05) is 18.4 Å². The van der Waals surface area contributed by atoms with E-state index < -0.39 is 0 Å². The van der Waals surface area contributed by atoms with Crippen LogP contribution in [0.3, 0.4) is 0 Å². The Morgan fingerprint density at radius 3 is 2.70 bits per heavy atom. The van der Waals surface area contributed by atoms with Crippen molar-refractivity contribution >= 4 is 23.3 Å². The normalized spacial score (nSPS) is 16.9. The molecular weight excluding hydrogens is 356 g/mol. The molecule has 0 N–H and O–H groups in total. The molecule has 6 heteroatoms. The van der Waals surface area contributed by atoms with Gasteiger partial charge in [-0.2, -0.15) is 9.50 Å². The van der Waals surface area contributed by atoms with Crippen molar-refractivity contribution in [2.75, 3.05) is 5.75 Å². The average molecular weight is 381 g/mol. The molecule has 1 atom stereocenters. The fourth-order valence-electron chi connectivity index (χ4n) is 3.57. The van der Waals surface area contributed by atoms with E-state index >= 15 is 0 Å². The van der Waals surface area contributed by atoms with Crippen molar-refractivity contribution in [2.24, 2.45) is 0 Å². The van der Waals surface area contributed by atoms with E-state index in [1.165, 1.54) is 11.1 Å². The third-order valence-electron chi connectivity index (χ3n) is 5.13. The Morgan fingerprint density at radius 2 is 2.00 bits per heavy atom. The van der Waals surface area contributed by atoms with Gasteiger partial charge in [-0.25, -0.2) is 4.98 Å². The molecule has 4 rings (SSSR count). The van der Waals surface area contributed by atoms with E-state index in [2.05, 4.69) is 60.1 Å². The Morgan fingerprint density at radius 1 is 1.22 bits per heavy atom. The summed E-state index contributed by atoms with van der Waals surface area (Å²) in [5, 5.41) is 5.35. The number of ketones is 1. The second-order valence-corrected chi connectivity index (χ2v) is 8.48. The summed E-state index contributed by atoms with van der Waals surface area (Å²) in [6, 6.07) is 8.69. The quantitative estimate of drug-likeness (QED) is 0.602. The highest BCUT2D eigenvalue weighted by Gasteiger charge is 2.29. The lowest BCUT2D eigenvalue weighted by Gasteiger charge is -2.24. The lowest BCUT2D eigenvalue weighted by atomic mass is 9.81. The predicted molar refractivity (Wildman–Crippen MR) is 108 cm³/mol. The fourth-order valence-corrected chi connectivity index (χ4v) is 4.25. The largest absolute Gasteiger partial charge is 0.294 e. The Labute approximate surface area is 163 Å². The van der Waals surface area contributed by atoms with Gasteiger partial charge in [0.05, 0.1) is 11.3 Å². The van der Waals surface area contributed by atoms with Crippen LogP contribution < -0.4 is 0 Å². The number of carbonyl (C=O) groups is 1. The summed E-state index contributed by atoms with van der Waals surface area (Å²) in [6.07, 6.45) is 4.04.